The number of aromatic nitrogens is 1. The van der Waals surface area contributed by atoms with Gasteiger partial charge < -0.3 is 10.1 Å². The van der Waals surface area contributed by atoms with E-state index in [4.69, 9.17) is 5.11 Å². The third kappa shape index (κ3) is 2.18. The lowest BCUT2D eigenvalue weighted by atomic mass is 10.0. The summed E-state index contributed by atoms with van der Waals surface area (Å²) >= 11 is 3.15. The third-order valence-corrected chi connectivity index (χ3v) is 2.19. The van der Waals surface area contributed by atoms with Crippen molar-refractivity contribution < 1.29 is 9.90 Å². The molecule has 1 unspecified atom stereocenters. The van der Waals surface area contributed by atoms with Crippen molar-refractivity contribution in [2.45, 2.75) is 12.8 Å². The molecule has 1 atom stereocenters. The summed E-state index contributed by atoms with van der Waals surface area (Å²) in [5, 5.41) is 8.68. The second-order valence-electron chi connectivity index (χ2n) is 2.66. The summed E-state index contributed by atoms with van der Waals surface area (Å²) in [6.07, 6.45) is 1.47. The Bertz CT molecular complexity index is 385. The van der Waals surface area contributed by atoms with Crippen LogP contribution in [0, 0.1) is 0 Å². The lowest BCUT2D eigenvalue weighted by Crippen LogP contribution is -2.19. The van der Waals surface area contributed by atoms with Gasteiger partial charge in [-0.3, -0.25) is 9.59 Å². The number of hydrogen-bond acceptors (Lipinski definition) is 2. The number of hydrogen-bond donors (Lipinski definition) is 2. The van der Waals surface area contributed by atoms with E-state index in [2.05, 4.69) is 20.9 Å². The summed E-state index contributed by atoms with van der Waals surface area (Å²) in [6, 6.07) is 1.51. The first-order valence-corrected chi connectivity index (χ1v) is 4.42. The summed E-state index contributed by atoms with van der Waals surface area (Å²) in [7, 11) is 0. The number of H-pyrrole nitrogens is 1. The molecule has 4 nitrogen and oxygen atoms in total. The van der Waals surface area contributed by atoms with Crippen LogP contribution in [0.5, 0.6) is 0 Å². The molecular weight excluding hydrogens is 238 g/mol. The number of aliphatic carboxylic acids is 1. The van der Waals surface area contributed by atoms with Gasteiger partial charge in [-0.05, 0) is 28.9 Å². The molecule has 0 aliphatic carbocycles. The zero-order chi connectivity index (χ0) is 10.0. The van der Waals surface area contributed by atoms with Crippen molar-refractivity contribution in [1.82, 2.24) is 4.98 Å². The molecule has 0 bridgehead atoms. The van der Waals surface area contributed by atoms with Gasteiger partial charge in [-0.15, -0.1) is 0 Å². The van der Waals surface area contributed by atoms with Gasteiger partial charge in [-0.1, -0.05) is 0 Å². The van der Waals surface area contributed by atoms with Crippen molar-refractivity contribution in [3.8, 4) is 0 Å². The maximum Gasteiger partial charge on any atom is 0.310 e. The van der Waals surface area contributed by atoms with Crippen molar-refractivity contribution in [3.05, 3.63) is 32.7 Å². The minimum absolute atomic E-state index is 0.252. The largest absolute Gasteiger partial charge is 0.481 e. The third-order valence-electron chi connectivity index (χ3n) is 1.73. The Kier molecular flexibility index (Phi) is 2.87. The first-order chi connectivity index (χ1) is 6.02. The predicted molar refractivity (Wildman–Crippen MR) is 50.8 cm³/mol. The number of rotatable bonds is 2. The van der Waals surface area contributed by atoms with Crippen LogP contribution in [0.15, 0.2) is 21.5 Å². The normalized spacial score (nSPS) is 12.5. The highest BCUT2D eigenvalue weighted by molar-refractivity contribution is 9.10. The quantitative estimate of drug-likeness (QED) is 0.826. The van der Waals surface area contributed by atoms with E-state index in [-0.39, 0.29) is 11.1 Å². The van der Waals surface area contributed by atoms with Crippen LogP contribution >= 0.6 is 15.9 Å². The lowest BCUT2D eigenvalue weighted by molar-refractivity contribution is -0.138. The van der Waals surface area contributed by atoms with Crippen molar-refractivity contribution in [2.75, 3.05) is 0 Å². The van der Waals surface area contributed by atoms with E-state index in [0.717, 1.165) is 0 Å². The van der Waals surface area contributed by atoms with Crippen LogP contribution < -0.4 is 5.56 Å². The molecule has 0 saturated carbocycles. The molecule has 13 heavy (non-hydrogen) atoms. The highest BCUT2D eigenvalue weighted by Gasteiger charge is 2.16. The van der Waals surface area contributed by atoms with Crippen LogP contribution in [0.2, 0.25) is 0 Å². The molecule has 2 N–H and O–H groups in total. The summed E-state index contributed by atoms with van der Waals surface area (Å²) in [5.41, 5.74) is -0.111. The van der Waals surface area contributed by atoms with Crippen LogP contribution in [-0.4, -0.2) is 16.1 Å². The highest BCUT2D eigenvalue weighted by atomic mass is 79.9. The van der Waals surface area contributed by atoms with E-state index in [1.807, 2.05) is 0 Å². The molecule has 0 aliphatic rings. The molecule has 1 heterocycles. The molecule has 1 rings (SSSR count). The van der Waals surface area contributed by atoms with Crippen LogP contribution in [0.4, 0.5) is 0 Å². The van der Waals surface area contributed by atoms with E-state index >= 15 is 0 Å². The molecule has 1 aromatic rings. The van der Waals surface area contributed by atoms with Gasteiger partial charge in [-0.2, -0.15) is 0 Å². The number of aromatic amines is 1. The van der Waals surface area contributed by atoms with Crippen molar-refractivity contribution in [3.63, 3.8) is 0 Å². The number of halogens is 1. The summed E-state index contributed by atoms with van der Waals surface area (Å²) in [6.45, 7) is 1.47. The van der Waals surface area contributed by atoms with Crippen LogP contribution in [0.3, 0.4) is 0 Å². The molecule has 0 spiro atoms. The van der Waals surface area contributed by atoms with E-state index in [0.29, 0.717) is 4.47 Å². The molecular formula is C8H8BrNO3. The van der Waals surface area contributed by atoms with E-state index in [1.54, 1.807) is 0 Å². The topological polar surface area (TPSA) is 70.2 Å². The van der Waals surface area contributed by atoms with E-state index in [9.17, 15) is 9.59 Å². The summed E-state index contributed by atoms with van der Waals surface area (Å²) in [4.78, 5) is 24.2. The SMILES string of the molecule is CC(C(=O)O)c1cc(Br)c[nH]c1=O. The van der Waals surface area contributed by atoms with Gasteiger partial charge in [0.05, 0.1) is 5.92 Å². The average Bonchev–Trinajstić information content (AvgIpc) is 2.08. The molecule has 5 heteroatoms. The molecule has 0 saturated heterocycles. The zero-order valence-corrected chi connectivity index (χ0v) is 8.46. The minimum atomic E-state index is -1.01. The average molecular weight is 246 g/mol. The van der Waals surface area contributed by atoms with Crippen LogP contribution in [0.1, 0.15) is 18.4 Å². The summed E-state index contributed by atoms with van der Waals surface area (Å²) in [5.74, 6) is -1.80. The van der Waals surface area contributed by atoms with Crippen molar-refractivity contribution in [2.24, 2.45) is 0 Å². The van der Waals surface area contributed by atoms with Gasteiger partial charge in [0.15, 0.2) is 0 Å². The molecule has 0 amide bonds. The fraction of sp³-hybridized carbons (Fsp3) is 0.250. The molecule has 0 radical (unpaired) electrons. The van der Waals surface area contributed by atoms with E-state index in [1.165, 1.54) is 19.2 Å². The summed E-state index contributed by atoms with van der Waals surface area (Å²) < 4.78 is 0.662. The van der Waals surface area contributed by atoms with Gasteiger partial charge in [0.1, 0.15) is 0 Å². The first kappa shape index (κ1) is 9.98. The predicted octanol–water partition coefficient (Wildman–Crippen LogP) is 1.33. The van der Waals surface area contributed by atoms with Crippen LogP contribution in [-0.2, 0) is 4.79 Å². The Morgan fingerprint density at radius 1 is 1.69 bits per heavy atom. The second-order valence-corrected chi connectivity index (χ2v) is 3.58. The van der Waals surface area contributed by atoms with Crippen molar-refractivity contribution >= 4 is 21.9 Å². The zero-order valence-electron chi connectivity index (χ0n) is 6.87. The molecule has 0 aliphatic heterocycles. The second kappa shape index (κ2) is 3.74. The van der Waals surface area contributed by atoms with Gasteiger partial charge >= 0.3 is 5.97 Å². The Morgan fingerprint density at radius 2 is 2.31 bits per heavy atom. The number of carboxylic acid groups (broad SMARTS) is 1. The van der Waals surface area contributed by atoms with Gasteiger partial charge in [0.2, 0.25) is 0 Å². The van der Waals surface area contributed by atoms with Crippen molar-refractivity contribution in [1.29, 1.82) is 0 Å². The molecule has 0 aromatic carbocycles. The number of carbonyl (C=O) groups is 1. The Hall–Kier alpha value is -1.10. The number of pyridine rings is 1. The fourth-order valence-electron chi connectivity index (χ4n) is 0.928. The van der Waals surface area contributed by atoms with Gasteiger partial charge in [-0.25, -0.2) is 0 Å². The standard InChI is InChI=1S/C8H8BrNO3/c1-4(8(12)13)6-2-5(9)3-10-7(6)11/h2-4H,1H3,(H,10,11)(H,12,13). The maximum atomic E-state index is 11.2. The number of nitrogens with one attached hydrogen (secondary N) is 1. The highest BCUT2D eigenvalue weighted by Crippen LogP contribution is 2.14. The van der Waals surface area contributed by atoms with Gasteiger partial charge in [0.25, 0.3) is 5.56 Å². The smallest absolute Gasteiger partial charge is 0.310 e. The fourth-order valence-corrected chi connectivity index (χ4v) is 1.29. The Labute approximate surface area is 82.7 Å². The Balaban J connectivity index is 3.21. The Morgan fingerprint density at radius 3 is 2.85 bits per heavy atom. The molecule has 70 valence electrons. The molecule has 0 fully saturated rings. The maximum absolute atomic E-state index is 11.2. The van der Waals surface area contributed by atoms with E-state index < -0.39 is 11.9 Å². The lowest BCUT2D eigenvalue weighted by Gasteiger charge is -2.04. The minimum Gasteiger partial charge on any atom is -0.481 e. The monoisotopic (exact) mass is 245 g/mol. The number of carboxylic acids is 1. The van der Waals surface area contributed by atoms with Gasteiger partial charge in [0, 0.05) is 16.2 Å². The van der Waals surface area contributed by atoms with Crippen LogP contribution in [0.25, 0.3) is 0 Å². The first-order valence-electron chi connectivity index (χ1n) is 3.63. The molecule has 1 aromatic heterocycles.